The number of urea groups is 1. The number of aromatic nitrogens is 1. The molecule has 0 aliphatic carbocycles. The molecule has 3 aromatic rings. The zero-order chi connectivity index (χ0) is 25.5. The molecule has 2 N–H and O–H groups in total. The van der Waals surface area contributed by atoms with Gasteiger partial charge in [0.1, 0.15) is 16.0 Å². The lowest BCUT2D eigenvalue weighted by molar-refractivity contribution is -0.122. The molecule has 3 aliphatic heterocycles. The van der Waals surface area contributed by atoms with Crippen LogP contribution in [-0.2, 0) is 9.53 Å². The second-order valence-electron chi connectivity index (χ2n) is 9.21. The quantitative estimate of drug-likeness (QED) is 0.492. The lowest BCUT2D eigenvalue weighted by Crippen LogP contribution is -2.51. The molecule has 4 heterocycles. The van der Waals surface area contributed by atoms with Crippen LogP contribution in [0.2, 0.25) is 0 Å². The Balaban J connectivity index is 1.30. The van der Waals surface area contributed by atoms with Crippen molar-refractivity contribution in [1.82, 2.24) is 15.6 Å². The van der Waals surface area contributed by atoms with Crippen molar-refractivity contribution >= 4 is 35.1 Å². The van der Waals surface area contributed by atoms with Gasteiger partial charge in [-0.1, -0.05) is 30.0 Å². The fourth-order valence-electron chi connectivity index (χ4n) is 4.99. The molecule has 2 unspecified atom stereocenters. The second kappa shape index (κ2) is 9.68. The van der Waals surface area contributed by atoms with Crippen LogP contribution in [0.5, 0.6) is 11.5 Å². The number of ether oxygens (including phenoxy) is 2. The Morgan fingerprint density at radius 2 is 2.05 bits per heavy atom. The minimum absolute atomic E-state index is 0.0453. The van der Waals surface area contributed by atoms with Crippen molar-refractivity contribution in [3.05, 3.63) is 71.7 Å². The average molecular weight is 521 g/mol. The van der Waals surface area contributed by atoms with E-state index < -0.39 is 23.1 Å². The first-order chi connectivity index (χ1) is 18.0. The zero-order valence-electron chi connectivity index (χ0n) is 20.1. The van der Waals surface area contributed by atoms with Crippen molar-refractivity contribution in [3.63, 3.8) is 0 Å². The van der Waals surface area contributed by atoms with Gasteiger partial charge in [-0.25, -0.2) is 14.2 Å². The topological polar surface area (TPSA) is 92.8 Å². The summed E-state index contributed by atoms with van der Waals surface area (Å²) in [7, 11) is 0. The molecule has 10 heteroatoms. The standard InChI is InChI=1S/C27H25FN4O4S/c1-15-18(9-10-20(22(15)28)36-17-7-3-2-4-8-17)32-19-11-12-29-26-21(19)23(31-27(32)34)24(37-26)25(33)30-16-6-5-13-35-14-16/h2-4,7-12,16,23-24H,5-6,13-14H2,1H3,(H,30,33)(H,31,34)/t16?,23?,24-/m0/s1. The number of benzene rings is 2. The Labute approximate surface area is 217 Å². The third-order valence-corrected chi connectivity index (χ3v) is 8.09. The largest absolute Gasteiger partial charge is 0.454 e. The van der Waals surface area contributed by atoms with E-state index in [0.29, 0.717) is 35.4 Å². The Hall–Kier alpha value is -3.63. The van der Waals surface area contributed by atoms with Gasteiger partial charge in [-0.05, 0) is 50.1 Å². The van der Waals surface area contributed by atoms with Gasteiger partial charge in [0, 0.05) is 23.9 Å². The average Bonchev–Trinajstić information content (AvgIpc) is 3.28. The lowest BCUT2D eigenvalue weighted by atomic mass is 9.99. The Kier molecular flexibility index (Phi) is 6.21. The summed E-state index contributed by atoms with van der Waals surface area (Å²) in [6.45, 7) is 2.80. The predicted molar refractivity (Wildman–Crippen MR) is 137 cm³/mol. The van der Waals surface area contributed by atoms with E-state index >= 15 is 4.39 Å². The summed E-state index contributed by atoms with van der Waals surface area (Å²) in [6.07, 6.45) is 3.37. The number of amides is 3. The normalized spacial score (nSPS) is 22.3. The highest BCUT2D eigenvalue weighted by molar-refractivity contribution is 8.01. The van der Waals surface area contributed by atoms with Gasteiger partial charge in [0.25, 0.3) is 0 Å². The molecule has 0 saturated carbocycles. The van der Waals surface area contributed by atoms with Gasteiger partial charge in [-0.15, -0.1) is 0 Å². The minimum Gasteiger partial charge on any atom is -0.454 e. The number of rotatable bonds is 5. The van der Waals surface area contributed by atoms with E-state index in [1.54, 1.807) is 49.5 Å². The summed E-state index contributed by atoms with van der Waals surface area (Å²) in [5, 5.41) is 6.15. The maximum absolute atomic E-state index is 15.4. The molecule has 3 aliphatic rings. The van der Waals surface area contributed by atoms with E-state index in [9.17, 15) is 9.59 Å². The highest BCUT2D eigenvalue weighted by atomic mass is 32.2. The number of nitrogens with one attached hydrogen (secondary N) is 2. The molecule has 0 radical (unpaired) electrons. The van der Waals surface area contributed by atoms with Gasteiger partial charge < -0.3 is 20.1 Å². The van der Waals surface area contributed by atoms with Crippen LogP contribution in [-0.4, -0.2) is 41.4 Å². The maximum atomic E-state index is 15.4. The molecule has 1 fully saturated rings. The van der Waals surface area contributed by atoms with Crippen LogP contribution >= 0.6 is 11.8 Å². The van der Waals surface area contributed by atoms with Crippen molar-refractivity contribution in [2.75, 3.05) is 18.1 Å². The number of anilines is 2. The minimum atomic E-state index is -0.559. The van der Waals surface area contributed by atoms with Crippen molar-refractivity contribution in [2.45, 2.75) is 42.1 Å². The molecule has 37 heavy (non-hydrogen) atoms. The smallest absolute Gasteiger partial charge is 0.327 e. The van der Waals surface area contributed by atoms with Crippen molar-refractivity contribution in [2.24, 2.45) is 0 Å². The number of pyridine rings is 1. The first-order valence-electron chi connectivity index (χ1n) is 12.2. The molecule has 0 bridgehead atoms. The van der Waals surface area contributed by atoms with Crippen LogP contribution in [0.15, 0.2) is 59.8 Å². The predicted octanol–water partition coefficient (Wildman–Crippen LogP) is 4.99. The molecule has 2 aromatic carbocycles. The number of para-hydroxylation sites is 1. The summed E-state index contributed by atoms with van der Waals surface area (Å²) < 4.78 is 26.6. The van der Waals surface area contributed by atoms with E-state index in [1.807, 2.05) is 6.07 Å². The third kappa shape index (κ3) is 4.30. The molecule has 6 rings (SSSR count). The van der Waals surface area contributed by atoms with Crippen molar-refractivity contribution in [3.8, 4) is 11.5 Å². The molecule has 1 aromatic heterocycles. The van der Waals surface area contributed by atoms with Gasteiger partial charge in [0.05, 0.1) is 30.1 Å². The molecule has 0 spiro atoms. The number of thioether (sulfide) groups is 1. The van der Waals surface area contributed by atoms with E-state index in [2.05, 4.69) is 15.6 Å². The molecule has 3 amide bonds. The van der Waals surface area contributed by atoms with Gasteiger partial charge in [0.2, 0.25) is 5.91 Å². The summed E-state index contributed by atoms with van der Waals surface area (Å²) in [5.41, 5.74) is 2.00. The Morgan fingerprint density at radius 1 is 1.22 bits per heavy atom. The molecule has 8 nitrogen and oxygen atoms in total. The fourth-order valence-corrected chi connectivity index (χ4v) is 6.22. The molecular formula is C27H25FN4O4S. The third-order valence-electron chi connectivity index (χ3n) is 6.81. The monoisotopic (exact) mass is 520 g/mol. The van der Waals surface area contributed by atoms with Crippen molar-refractivity contribution < 1.29 is 23.5 Å². The van der Waals surface area contributed by atoms with Gasteiger partial charge in [0.15, 0.2) is 11.6 Å². The summed E-state index contributed by atoms with van der Waals surface area (Å²) in [4.78, 5) is 32.5. The summed E-state index contributed by atoms with van der Waals surface area (Å²) in [6, 6.07) is 12.8. The van der Waals surface area contributed by atoms with Crippen LogP contribution in [0.1, 0.15) is 30.0 Å². The number of halogens is 1. The highest BCUT2D eigenvalue weighted by Crippen LogP contribution is 2.51. The number of carbonyl (C=O) groups is 2. The summed E-state index contributed by atoms with van der Waals surface area (Å²) in [5.74, 6) is -0.127. The van der Waals surface area contributed by atoms with Gasteiger partial charge in [-0.3, -0.25) is 9.69 Å². The first kappa shape index (κ1) is 23.7. The van der Waals surface area contributed by atoms with Crippen LogP contribution in [0.25, 0.3) is 0 Å². The molecule has 1 saturated heterocycles. The van der Waals surface area contributed by atoms with Gasteiger partial charge >= 0.3 is 6.03 Å². The fraction of sp³-hybridized carbons (Fsp3) is 0.296. The zero-order valence-corrected chi connectivity index (χ0v) is 20.9. The molecule has 3 atom stereocenters. The first-order valence-corrected chi connectivity index (χ1v) is 13.1. The SMILES string of the molecule is Cc1c(N2C(=O)NC3c4c2ccnc4S[C@@H]3C(=O)NC2CCCOC2)ccc(Oc2ccccc2)c1F. The van der Waals surface area contributed by atoms with Crippen LogP contribution in [0.4, 0.5) is 20.6 Å². The number of nitrogens with zero attached hydrogens (tertiary/aromatic N) is 2. The maximum Gasteiger partial charge on any atom is 0.327 e. The van der Waals surface area contributed by atoms with Crippen molar-refractivity contribution in [1.29, 1.82) is 0 Å². The Bertz CT molecular complexity index is 1370. The number of hydrogen-bond acceptors (Lipinski definition) is 6. The Morgan fingerprint density at radius 3 is 2.84 bits per heavy atom. The highest BCUT2D eigenvalue weighted by Gasteiger charge is 2.47. The number of carbonyl (C=O) groups excluding carboxylic acids is 2. The lowest BCUT2D eigenvalue weighted by Gasteiger charge is -2.35. The van der Waals surface area contributed by atoms with Crippen LogP contribution in [0, 0.1) is 12.7 Å². The van der Waals surface area contributed by atoms with Crippen LogP contribution < -0.4 is 20.3 Å². The van der Waals surface area contributed by atoms with E-state index in [4.69, 9.17) is 9.47 Å². The molecule has 190 valence electrons. The van der Waals surface area contributed by atoms with Crippen LogP contribution in [0.3, 0.4) is 0 Å². The number of hydrogen-bond donors (Lipinski definition) is 2. The molecular weight excluding hydrogens is 495 g/mol. The van der Waals surface area contributed by atoms with E-state index in [0.717, 1.165) is 18.4 Å². The van der Waals surface area contributed by atoms with E-state index in [-0.39, 0.29) is 23.3 Å². The second-order valence-corrected chi connectivity index (χ2v) is 10.3. The van der Waals surface area contributed by atoms with E-state index in [1.165, 1.54) is 22.7 Å². The van der Waals surface area contributed by atoms with Gasteiger partial charge in [-0.2, -0.15) is 0 Å². The summed E-state index contributed by atoms with van der Waals surface area (Å²) >= 11 is 1.33.